The number of pyridine rings is 1. The molecule has 0 saturated carbocycles. The van der Waals surface area contributed by atoms with Crippen LogP contribution in [0.4, 0.5) is 5.82 Å². The van der Waals surface area contributed by atoms with Crippen LogP contribution in [-0.2, 0) is 19.4 Å². The molecule has 3 aromatic heterocycles. The monoisotopic (exact) mass is 496 g/mol. The Bertz CT molecular complexity index is 1690. The average molecular weight is 497 g/mol. The Morgan fingerprint density at radius 3 is 2.67 bits per heavy atom. The van der Waals surface area contributed by atoms with Gasteiger partial charge in [-0.2, -0.15) is 0 Å². The SMILES string of the molecule is COc1ccc(Cn2c(O)c(C=Nc3ncnc4sc5c(c34)CCCC5)c3ccccc3c2=O)cc1. The van der Waals surface area contributed by atoms with Crippen molar-refractivity contribution in [2.45, 2.75) is 32.2 Å². The van der Waals surface area contributed by atoms with Crippen LogP contribution in [0, 0.1) is 0 Å². The molecule has 1 N–H and O–H groups in total. The molecule has 0 atom stereocenters. The molecule has 7 nitrogen and oxygen atoms in total. The average Bonchev–Trinajstić information content (AvgIpc) is 3.31. The summed E-state index contributed by atoms with van der Waals surface area (Å²) in [4.78, 5) is 29.3. The van der Waals surface area contributed by atoms with Crippen molar-refractivity contribution < 1.29 is 9.84 Å². The lowest BCUT2D eigenvalue weighted by Gasteiger charge is -2.14. The van der Waals surface area contributed by atoms with Gasteiger partial charge in [-0.05, 0) is 55.0 Å². The molecule has 0 saturated heterocycles. The van der Waals surface area contributed by atoms with Gasteiger partial charge in [0.05, 0.1) is 24.6 Å². The van der Waals surface area contributed by atoms with Crippen molar-refractivity contribution in [1.29, 1.82) is 0 Å². The molecule has 0 unspecified atom stereocenters. The van der Waals surface area contributed by atoms with Gasteiger partial charge in [0.1, 0.15) is 16.9 Å². The van der Waals surface area contributed by atoms with Gasteiger partial charge in [-0.1, -0.05) is 30.3 Å². The minimum Gasteiger partial charge on any atom is -0.497 e. The summed E-state index contributed by atoms with van der Waals surface area (Å²) in [5.74, 6) is 1.19. The summed E-state index contributed by atoms with van der Waals surface area (Å²) >= 11 is 1.72. The Balaban J connectivity index is 1.48. The number of aryl methyl sites for hydroxylation is 2. The number of aromatic hydroxyl groups is 1. The van der Waals surface area contributed by atoms with Crippen LogP contribution in [0.5, 0.6) is 11.6 Å². The van der Waals surface area contributed by atoms with E-state index in [1.807, 2.05) is 42.5 Å². The summed E-state index contributed by atoms with van der Waals surface area (Å²) in [6, 6.07) is 14.7. The predicted octanol–water partition coefficient (Wildman–Crippen LogP) is 5.40. The normalized spacial score (nSPS) is 13.5. The Labute approximate surface area is 211 Å². The van der Waals surface area contributed by atoms with Crippen LogP contribution in [0.1, 0.15) is 34.4 Å². The number of hydrogen-bond donors (Lipinski definition) is 1. The Kier molecular flexibility index (Phi) is 5.73. The number of aromatic nitrogens is 3. The van der Waals surface area contributed by atoms with Crippen molar-refractivity contribution in [3.05, 3.63) is 86.8 Å². The predicted molar refractivity (Wildman–Crippen MR) is 143 cm³/mol. The van der Waals surface area contributed by atoms with Gasteiger partial charge in [-0.25, -0.2) is 15.0 Å². The molecule has 5 aromatic rings. The Hall–Kier alpha value is -4.04. The molecular formula is C28H24N4O3S. The van der Waals surface area contributed by atoms with E-state index in [4.69, 9.17) is 9.73 Å². The number of ether oxygens (including phenoxy) is 1. The van der Waals surface area contributed by atoms with Gasteiger partial charge >= 0.3 is 0 Å². The molecule has 0 amide bonds. The number of fused-ring (bicyclic) bond motifs is 4. The Morgan fingerprint density at radius 2 is 1.86 bits per heavy atom. The maximum absolute atomic E-state index is 13.3. The largest absolute Gasteiger partial charge is 0.497 e. The molecule has 180 valence electrons. The van der Waals surface area contributed by atoms with Crippen molar-refractivity contribution >= 4 is 44.4 Å². The van der Waals surface area contributed by atoms with E-state index in [0.29, 0.717) is 22.2 Å². The van der Waals surface area contributed by atoms with E-state index in [9.17, 15) is 9.90 Å². The van der Waals surface area contributed by atoms with Crippen LogP contribution < -0.4 is 10.3 Å². The van der Waals surface area contributed by atoms with Gasteiger partial charge < -0.3 is 9.84 Å². The van der Waals surface area contributed by atoms with Crippen LogP contribution in [-0.4, -0.2) is 33.0 Å². The first-order valence-corrected chi connectivity index (χ1v) is 12.7. The third-order valence-electron chi connectivity index (χ3n) is 6.74. The highest BCUT2D eigenvalue weighted by atomic mass is 32.1. The van der Waals surface area contributed by atoms with Crippen LogP contribution in [0.15, 0.2) is 64.6 Å². The number of hydrogen-bond acceptors (Lipinski definition) is 7. The van der Waals surface area contributed by atoms with E-state index in [0.717, 1.165) is 40.8 Å². The van der Waals surface area contributed by atoms with E-state index in [1.54, 1.807) is 37.1 Å². The number of benzene rings is 2. The first kappa shape index (κ1) is 22.4. The van der Waals surface area contributed by atoms with Gasteiger partial charge in [0, 0.05) is 21.9 Å². The van der Waals surface area contributed by atoms with E-state index >= 15 is 0 Å². The zero-order chi connectivity index (χ0) is 24.6. The molecule has 1 aliphatic rings. The van der Waals surface area contributed by atoms with E-state index < -0.39 is 0 Å². The fourth-order valence-corrected chi connectivity index (χ4v) is 6.12. The molecular weight excluding hydrogens is 472 g/mol. The quantitative estimate of drug-likeness (QED) is 0.329. The molecule has 6 rings (SSSR count). The van der Waals surface area contributed by atoms with Crippen molar-refractivity contribution in [3.63, 3.8) is 0 Å². The lowest BCUT2D eigenvalue weighted by molar-refractivity contribution is 0.412. The van der Waals surface area contributed by atoms with Crippen LogP contribution >= 0.6 is 11.3 Å². The van der Waals surface area contributed by atoms with Crippen molar-refractivity contribution in [3.8, 4) is 11.6 Å². The number of methoxy groups -OCH3 is 1. The first-order chi connectivity index (χ1) is 17.6. The van der Waals surface area contributed by atoms with E-state index in [1.165, 1.54) is 21.4 Å². The molecule has 0 bridgehead atoms. The lowest BCUT2D eigenvalue weighted by atomic mass is 9.97. The molecule has 0 radical (unpaired) electrons. The first-order valence-electron chi connectivity index (χ1n) is 11.9. The Morgan fingerprint density at radius 1 is 1.08 bits per heavy atom. The van der Waals surface area contributed by atoms with E-state index in [2.05, 4.69) is 9.97 Å². The summed E-state index contributed by atoms with van der Waals surface area (Å²) in [6.45, 7) is 0.218. The smallest absolute Gasteiger partial charge is 0.261 e. The minimum atomic E-state index is -0.257. The molecule has 0 fully saturated rings. The highest BCUT2D eigenvalue weighted by Crippen LogP contribution is 2.39. The summed E-state index contributed by atoms with van der Waals surface area (Å²) in [5, 5.41) is 13.5. The summed E-state index contributed by atoms with van der Waals surface area (Å²) in [6.07, 6.45) is 7.59. The molecule has 0 spiro atoms. The van der Waals surface area contributed by atoms with Crippen LogP contribution in [0.25, 0.3) is 21.0 Å². The number of nitrogens with zero attached hydrogens (tertiary/aromatic N) is 4. The molecule has 2 aromatic carbocycles. The fraction of sp³-hybridized carbons (Fsp3) is 0.214. The van der Waals surface area contributed by atoms with Crippen molar-refractivity contribution in [2.75, 3.05) is 7.11 Å². The maximum atomic E-state index is 13.3. The molecule has 8 heteroatoms. The van der Waals surface area contributed by atoms with Crippen molar-refractivity contribution in [1.82, 2.24) is 14.5 Å². The third-order valence-corrected chi connectivity index (χ3v) is 7.94. The molecule has 3 heterocycles. The second-order valence-corrected chi connectivity index (χ2v) is 9.95. The zero-order valence-electron chi connectivity index (χ0n) is 19.8. The third kappa shape index (κ3) is 3.83. The summed E-state index contributed by atoms with van der Waals surface area (Å²) in [7, 11) is 1.61. The minimum absolute atomic E-state index is 0.129. The van der Waals surface area contributed by atoms with Gasteiger partial charge in [0.2, 0.25) is 5.88 Å². The number of thiophene rings is 1. The summed E-state index contributed by atoms with van der Waals surface area (Å²) in [5.41, 5.74) is 2.39. The van der Waals surface area contributed by atoms with Crippen LogP contribution in [0.3, 0.4) is 0 Å². The second-order valence-electron chi connectivity index (χ2n) is 8.87. The molecule has 0 aliphatic heterocycles. The lowest BCUT2D eigenvalue weighted by Crippen LogP contribution is -2.22. The second kappa shape index (κ2) is 9.20. The highest BCUT2D eigenvalue weighted by Gasteiger charge is 2.20. The fourth-order valence-electron chi connectivity index (χ4n) is 4.90. The molecule has 1 aliphatic carbocycles. The number of aliphatic imine (C=N–C) groups is 1. The van der Waals surface area contributed by atoms with Gasteiger partial charge in [0.15, 0.2) is 5.82 Å². The van der Waals surface area contributed by atoms with E-state index in [-0.39, 0.29) is 18.0 Å². The topological polar surface area (TPSA) is 89.6 Å². The zero-order valence-corrected chi connectivity index (χ0v) is 20.6. The van der Waals surface area contributed by atoms with Gasteiger partial charge in [-0.15, -0.1) is 11.3 Å². The standard InChI is InChI=1S/C28H24N4O3S/c1-35-18-12-10-17(11-13-18)15-32-27(33)20-7-3-2-6-19(20)22(28(32)34)14-29-25-24-21-8-4-5-9-23(21)36-26(24)31-16-30-25/h2-3,6-7,10-14,16,34H,4-5,8-9,15H2,1H3. The summed E-state index contributed by atoms with van der Waals surface area (Å²) < 4.78 is 6.61. The maximum Gasteiger partial charge on any atom is 0.261 e. The van der Waals surface area contributed by atoms with Gasteiger partial charge in [-0.3, -0.25) is 9.36 Å². The number of rotatable bonds is 5. The highest BCUT2D eigenvalue weighted by molar-refractivity contribution is 7.19. The van der Waals surface area contributed by atoms with Crippen molar-refractivity contribution in [2.24, 2.45) is 4.99 Å². The van der Waals surface area contributed by atoms with Crippen LogP contribution in [0.2, 0.25) is 0 Å². The van der Waals surface area contributed by atoms with Gasteiger partial charge in [0.25, 0.3) is 5.56 Å². The molecule has 36 heavy (non-hydrogen) atoms.